The lowest BCUT2D eigenvalue weighted by atomic mass is 9.76. The Morgan fingerprint density at radius 1 is 1.10 bits per heavy atom. The molecular formula is C23H33BrO5. The summed E-state index contributed by atoms with van der Waals surface area (Å²) in [4.78, 5) is 25.8. The number of carbonyl (C=O) groups is 2. The van der Waals surface area contributed by atoms with Crippen molar-refractivity contribution in [1.82, 2.24) is 0 Å². The van der Waals surface area contributed by atoms with Crippen LogP contribution in [0.1, 0.15) is 74.9 Å². The Hall–Kier alpha value is -1.56. The van der Waals surface area contributed by atoms with Crippen molar-refractivity contribution in [3.8, 4) is 5.75 Å². The van der Waals surface area contributed by atoms with E-state index in [4.69, 9.17) is 14.2 Å². The van der Waals surface area contributed by atoms with Gasteiger partial charge in [-0.25, -0.2) is 4.79 Å². The van der Waals surface area contributed by atoms with Gasteiger partial charge in [0, 0.05) is 5.92 Å². The highest BCUT2D eigenvalue weighted by atomic mass is 79.9. The Balaban J connectivity index is 2.73. The fourth-order valence-electron chi connectivity index (χ4n) is 4.48. The Labute approximate surface area is 182 Å². The van der Waals surface area contributed by atoms with Crippen LogP contribution in [-0.2, 0) is 14.3 Å². The van der Waals surface area contributed by atoms with Crippen LogP contribution in [0.4, 0.5) is 0 Å². The van der Waals surface area contributed by atoms with Crippen molar-refractivity contribution in [3.63, 3.8) is 0 Å². The molecule has 0 N–H and O–H groups in total. The SMILES string of the molecule is CCOC(=O)c1c([C@H]2[C@@H](C(C)C)CC[C@H]2C(=O)OCC)cc(C)c(Br)c1OCC. The average Bonchev–Trinajstić information content (AvgIpc) is 3.11. The summed E-state index contributed by atoms with van der Waals surface area (Å²) in [7, 11) is 0. The quantitative estimate of drug-likeness (QED) is 0.460. The largest absolute Gasteiger partial charge is 0.492 e. The predicted octanol–water partition coefficient (Wildman–Crippen LogP) is 5.66. The first-order chi connectivity index (χ1) is 13.8. The number of esters is 2. The number of hydrogen-bond donors (Lipinski definition) is 0. The second-order valence-electron chi connectivity index (χ2n) is 7.82. The number of carbonyl (C=O) groups excluding carboxylic acids is 2. The molecule has 0 spiro atoms. The van der Waals surface area contributed by atoms with Gasteiger partial charge in [-0.2, -0.15) is 0 Å². The van der Waals surface area contributed by atoms with E-state index in [1.807, 2.05) is 26.8 Å². The average molecular weight is 469 g/mol. The summed E-state index contributed by atoms with van der Waals surface area (Å²) in [6.07, 6.45) is 1.68. The number of hydrogen-bond acceptors (Lipinski definition) is 5. The van der Waals surface area contributed by atoms with Crippen molar-refractivity contribution >= 4 is 27.9 Å². The number of ether oxygens (including phenoxy) is 3. The first-order valence-electron chi connectivity index (χ1n) is 10.6. The number of aryl methyl sites for hydroxylation is 1. The van der Waals surface area contributed by atoms with Gasteiger partial charge in [0.05, 0.1) is 30.2 Å². The van der Waals surface area contributed by atoms with E-state index in [1.165, 1.54) is 0 Å². The maximum atomic E-state index is 13.0. The lowest BCUT2D eigenvalue weighted by molar-refractivity contribution is -0.148. The van der Waals surface area contributed by atoms with E-state index in [0.29, 0.717) is 30.4 Å². The second-order valence-corrected chi connectivity index (χ2v) is 8.62. The first kappa shape index (κ1) is 23.7. The van der Waals surface area contributed by atoms with Crippen LogP contribution in [-0.4, -0.2) is 31.8 Å². The Kier molecular flexibility index (Phi) is 8.56. The van der Waals surface area contributed by atoms with E-state index >= 15 is 0 Å². The van der Waals surface area contributed by atoms with Crippen LogP contribution in [0.25, 0.3) is 0 Å². The number of benzene rings is 1. The highest BCUT2D eigenvalue weighted by Gasteiger charge is 2.45. The van der Waals surface area contributed by atoms with Crippen LogP contribution >= 0.6 is 15.9 Å². The lowest BCUT2D eigenvalue weighted by Gasteiger charge is -2.30. The Morgan fingerprint density at radius 3 is 2.31 bits per heavy atom. The van der Waals surface area contributed by atoms with Crippen LogP contribution in [0.3, 0.4) is 0 Å². The minimum atomic E-state index is -0.413. The van der Waals surface area contributed by atoms with Crippen molar-refractivity contribution in [3.05, 3.63) is 27.2 Å². The number of halogens is 1. The van der Waals surface area contributed by atoms with Crippen molar-refractivity contribution in [1.29, 1.82) is 0 Å². The smallest absolute Gasteiger partial charge is 0.342 e. The summed E-state index contributed by atoms with van der Waals surface area (Å²) in [6, 6.07) is 2.01. The fraction of sp³-hybridized carbons (Fsp3) is 0.652. The number of rotatable bonds is 8. The summed E-state index contributed by atoms with van der Waals surface area (Å²) >= 11 is 3.58. The van der Waals surface area contributed by atoms with Gasteiger partial charge in [-0.15, -0.1) is 0 Å². The molecule has 0 radical (unpaired) electrons. The first-order valence-corrected chi connectivity index (χ1v) is 11.4. The van der Waals surface area contributed by atoms with Gasteiger partial charge < -0.3 is 14.2 Å². The molecule has 0 saturated heterocycles. The molecular weight excluding hydrogens is 436 g/mol. The van der Waals surface area contributed by atoms with Crippen LogP contribution in [0.5, 0.6) is 5.75 Å². The van der Waals surface area contributed by atoms with Crippen LogP contribution < -0.4 is 4.74 Å². The zero-order valence-electron chi connectivity index (χ0n) is 18.3. The summed E-state index contributed by atoms with van der Waals surface area (Å²) in [5.74, 6) is 0.155. The molecule has 0 aliphatic heterocycles. The zero-order valence-corrected chi connectivity index (χ0v) is 19.9. The molecule has 0 amide bonds. The van der Waals surface area contributed by atoms with Crippen LogP contribution in [0.15, 0.2) is 10.5 Å². The molecule has 1 aromatic carbocycles. The van der Waals surface area contributed by atoms with Crippen molar-refractivity contribution < 1.29 is 23.8 Å². The van der Waals surface area contributed by atoms with Gasteiger partial charge in [-0.05, 0) is 79.4 Å². The van der Waals surface area contributed by atoms with Crippen LogP contribution in [0.2, 0.25) is 0 Å². The molecule has 6 heteroatoms. The molecule has 1 aromatic rings. The third-order valence-corrected chi connectivity index (χ3v) is 6.70. The molecule has 0 bridgehead atoms. The van der Waals surface area contributed by atoms with Gasteiger partial charge in [0.1, 0.15) is 11.3 Å². The van der Waals surface area contributed by atoms with E-state index in [2.05, 4.69) is 29.8 Å². The van der Waals surface area contributed by atoms with E-state index in [9.17, 15) is 9.59 Å². The van der Waals surface area contributed by atoms with E-state index in [1.54, 1.807) is 6.92 Å². The summed E-state index contributed by atoms with van der Waals surface area (Å²) in [5, 5.41) is 0. The van der Waals surface area contributed by atoms with E-state index in [0.717, 1.165) is 28.4 Å². The van der Waals surface area contributed by atoms with Gasteiger partial charge in [-0.1, -0.05) is 19.9 Å². The summed E-state index contributed by atoms with van der Waals surface area (Å²) < 4.78 is 17.4. The van der Waals surface area contributed by atoms with Gasteiger partial charge in [-0.3, -0.25) is 4.79 Å². The summed E-state index contributed by atoms with van der Waals surface area (Å²) in [6.45, 7) is 12.9. The standard InChI is InChI=1S/C23H33BrO5/c1-7-27-21-19(23(26)29-9-3)17(12-14(6)20(21)24)18-15(13(4)5)10-11-16(18)22(25)28-8-2/h12-13,15-16,18H,7-11H2,1-6H3/t15-,16-,18+/m1/s1. The topological polar surface area (TPSA) is 61.8 Å². The van der Waals surface area contributed by atoms with E-state index in [-0.39, 0.29) is 30.3 Å². The van der Waals surface area contributed by atoms with Crippen LogP contribution in [0, 0.1) is 24.7 Å². The molecule has 1 aliphatic rings. The molecule has 0 unspecified atom stereocenters. The normalized spacial score (nSPS) is 21.3. The second kappa shape index (κ2) is 10.5. The van der Waals surface area contributed by atoms with Gasteiger partial charge >= 0.3 is 11.9 Å². The predicted molar refractivity (Wildman–Crippen MR) is 116 cm³/mol. The molecule has 5 nitrogen and oxygen atoms in total. The third kappa shape index (κ3) is 4.96. The Morgan fingerprint density at radius 2 is 1.76 bits per heavy atom. The maximum absolute atomic E-state index is 13.0. The lowest BCUT2D eigenvalue weighted by Crippen LogP contribution is -2.27. The van der Waals surface area contributed by atoms with Crippen molar-refractivity contribution in [2.45, 2.75) is 60.3 Å². The third-order valence-electron chi connectivity index (χ3n) is 5.71. The van der Waals surface area contributed by atoms with Crippen molar-refractivity contribution in [2.24, 2.45) is 17.8 Å². The molecule has 0 heterocycles. The zero-order chi connectivity index (χ0) is 21.7. The molecule has 2 rings (SSSR count). The van der Waals surface area contributed by atoms with Crippen molar-refractivity contribution in [2.75, 3.05) is 19.8 Å². The Bertz CT molecular complexity index is 743. The van der Waals surface area contributed by atoms with Gasteiger partial charge in [0.15, 0.2) is 0 Å². The molecule has 3 atom stereocenters. The molecule has 1 fully saturated rings. The monoisotopic (exact) mass is 468 g/mol. The van der Waals surface area contributed by atoms with Gasteiger partial charge in [0.25, 0.3) is 0 Å². The van der Waals surface area contributed by atoms with Gasteiger partial charge in [0.2, 0.25) is 0 Å². The summed E-state index contributed by atoms with van der Waals surface area (Å²) in [5.41, 5.74) is 2.23. The molecule has 29 heavy (non-hydrogen) atoms. The molecule has 1 aliphatic carbocycles. The molecule has 1 saturated carbocycles. The fourth-order valence-corrected chi connectivity index (χ4v) is 4.91. The molecule has 162 valence electrons. The minimum absolute atomic E-state index is 0.112. The minimum Gasteiger partial charge on any atom is -0.492 e. The highest BCUT2D eigenvalue weighted by molar-refractivity contribution is 9.10. The van der Waals surface area contributed by atoms with E-state index < -0.39 is 5.97 Å². The molecule has 0 aromatic heterocycles. The maximum Gasteiger partial charge on any atom is 0.342 e. The highest BCUT2D eigenvalue weighted by Crippen LogP contribution is 2.51.